The minimum atomic E-state index is -0.613. The van der Waals surface area contributed by atoms with Gasteiger partial charge in [0.25, 0.3) is 0 Å². The van der Waals surface area contributed by atoms with E-state index in [9.17, 15) is 4.79 Å². The summed E-state index contributed by atoms with van der Waals surface area (Å²) in [7, 11) is 1.67. The van der Waals surface area contributed by atoms with Crippen molar-refractivity contribution in [3.8, 4) is 22.6 Å². The van der Waals surface area contributed by atoms with E-state index in [1.165, 1.54) is 42.4 Å². The Morgan fingerprint density at radius 3 is 2.07 bits per heavy atom. The van der Waals surface area contributed by atoms with Crippen molar-refractivity contribution in [3.63, 3.8) is 0 Å². The van der Waals surface area contributed by atoms with Crippen LogP contribution in [-0.4, -0.2) is 51.2 Å². The topological polar surface area (TPSA) is 74.2 Å². The van der Waals surface area contributed by atoms with Gasteiger partial charge in [-0.15, -0.1) is 0 Å². The number of aryl methyl sites for hydroxylation is 1. The van der Waals surface area contributed by atoms with Gasteiger partial charge in [-0.3, -0.25) is 0 Å². The lowest BCUT2D eigenvalue weighted by atomic mass is 9.93. The highest BCUT2D eigenvalue weighted by molar-refractivity contribution is 5.87. The molecule has 0 aliphatic carbocycles. The number of hydrogen-bond acceptors (Lipinski definition) is 6. The van der Waals surface area contributed by atoms with Crippen LogP contribution in [0, 0.1) is 0 Å². The van der Waals surface area contributed by atoms with E-state index in [2.05, 4.69) is 68.1 Å². The molecule has 0 radical (unpaired) electrons. The fourth-order valence-corrected chi connectivity index (χ4v) is 4.43. The lowest BCUT2D eigenvalue weighted by molar-refractivity contribution is -0.140. The van der Waals surface area contributed by atoms with Crippen molar-refractivity contribution in [1.29, 1.82) is 0 Å². The van der Waals surface area contributed by atoms with Crippen molar-refractivity contribution in [1.82, 2.24) is 0 Å². The summed E-state index contributed by atoms with van der Waals surface area (Å²) in [5.41, 5.74) is 6.00. The summed E-state index contributed by atoms with van der Waals surface area (Å²) in [6.07, 6.45) is 11.5. The van der Waals surface area contributed by atoms with Crippen LogP contribution in [0.3, 0.4) is 0 Å². The molecule has 1 N–H and O–H groups in total. The molecule has 0 saturated carbocycles. The van der Waals surface area contributed by atoms with Gasteiger partial charge in [0.2, 0.25) is 0 Å². The highest BCUT2D eigenvalue weighted by atomic mass is 16.6. The zero-order chi connectivity index (χ0) is 30.0. The third-order valence-corrected chi connectivity index (χ3v) is 6.81. The van der Waals surface area contributed by atoms with Crippen molar-refractivity contribution < 1.29 is 28.8 Å². The quantitative estimate of drug-likeness (QED) is 0.0693. The van der Waals surface area contributed by atoms with Gasteiger partial charge in [-0.1, -0.05) is 93.8 Å². The molecule has 3 aromatic rings. The largest absolute Gasteiger partial charge is 0.491 e. The van der Waals surface area contributed by atoms with E-state index in [1.807, 2.05) is 24.3 Å². The Bertz CT molecular complexity index is 1260. The van der Waals surface area contributed by atoms with E-state index in [4.69, 9.17) is 24.1 Å². The SMILES string of the molecule is C=C(CO)C(=O)OCCOc1ccc(-c2ccc(/C=C/c3ccc(OCCOC)cc3)cc2CCCCCCC)cc1. The van der Waals surface area contributed by atoms with E-state index in [0.717, 1.165) is 29.7 Å². The molecule has 0 amide bonds. The summed E-state index contributed by atoms with van der Waals surface area (Å²) in [4.78, 5) is 11.6. The third-order valence-electron chi connectivity index (χ3n) is 6.81. The van der Waals surface area contributed by atoms with Gasteiger partial charge in [0.05, 0.1) is 18.8 Å². The molecule has 0 aliphatic rings. The first-order valence-electron chi connectivity index (χ1n) is 14.8. The summed E-state index contributed by atoms with van der Waals surface area (Å²) in [5, 5.41) is 8.95. The Kier molecular flexibility index (Phi) is 14.4. The summed E-state index contributed by atoms with van der Waals surface area (Å²) >= 11 is 0. The van der Waals surface area contributed by atoms with E-state index >= 15 is 0 Å². The van der Waals surface area contributed by atoms with Crippen LogP contribution in [-0.2, 0) is 20.7 Å². The highest BCUT2D eigenvalue weighted by Gasteiger charge is 2.09. The molecule has 0 fully saturated rings. The molecule has 0 saturated heterocycles. The van der Waals surface area contributed by atoms with Gasteiger partial charge in [0, 0.05) is 7.11 Å². The minimum Gasteiger partial charge on any atom is -0.491 e. The predicted molar refractivity (Wildman–Crippen MR) is 170 cm³/mol. The molecular weight excluding hydrogens is 528 g/mol. The number of carbonyl (C=O) groups is 1. The molecule has 0 bridgehead atoms. The van der Waals surface area contributed by atoms with Crippen molar-refractivity contribution in [2.24, 2.45) is 0 Å². The first-order chi connectivity index (χ1) is 20.5. The molecule has 42 heavy (non-hydrogen) atoms. The predicted octanol–water partition coefficient (Wildman–Crippen LogP) is 7.53. The van der Waals surface area contributed by atoms with Crippen LogP contribution in [0.1, 0.15) is 55.7 Å². The summed E-state index contributed by atoms with van der Waals surface area (Å²) in [6.45, 7) is 6.69. The zero-order valence-corrected chi connectivity index (χ0v) is 25.0. The van der Waals surface area contributed by atoms with Crippen LogP contribution in [0.15, 0.2) is 78.9 Å². The van der Waals surface area contributed by atoms with Crippen molar-refractivity contribution >= 4 is 18.1 Å². The molecule has 6 heteroatoms. The highest BCUT2D eigenvalue weighted by Crippen LogP contribution is 2.29. The molecule has 3 rings (SSSR count). The number of methoxy groups -OCH3 is 1. The molecule has 0 spiro atoms. The first-order valence-corrected chi connectivity index (χ1v) is 14.8. The summed E-state index contributed by atoms with van der Waals surface area (Å²) in [5.74, 6) is 0.924. The van der Waals surface area contributed by atoms with Gasteiger partial charge in [0.1, 0.15) is 31.3 Å². The number of rotatable bonds is 19. The summed E-state index contributed by atoms with van der Waals surface area (Å²) in [6, 6.07) is 22.7. The first kappa shape index (κ1) is 32.6. The second kappa shape index (κ2) is 18.5. The van der Waals surface area contributed by atoms with E-state index in [1.54, 1.807) is 7.11 Å². The molecule has 0 atom stereocenters. The molecule has 0 aromatic heterocycles. The van der Waals surface area contributed by atoms with Gasteiger partial charge < -0.3 is 24.1 Å². The third kappa shape index (κ3) is 11.2. The van der Waals surface area contributed by atoms with Gasteiger partial charge in [0.15, 0.2) is 0 Å². The van der Waals surface area contributed by atoms with Crippen LogP contribution >= 0.6 is 0 Å². The summed E-state index contributed by atoms with van der Waals surface area (Å²) < 4.78 is 21.5. The second-order valence-corrected chi connectivity index (χ2v) is 10.1. The molecule has 0 heterocycles. The molecule has 224 valence electrons. The Morgan fingerprint density at radius 1 is 0.786 bits per heavy atom. The van der Waals surface area contributed by atoms with Crippen molar-refractivity contribution in [3.05, 3.63) is 95.6 Å². The van der Waals surface area contributed by atoms with E-state index in [0.29, 0.717) is 19.0 Å². The Hall–Kier alpha value is -3.87. The molecular formula is C36H44O6. The maximum Gasteiger partial charge on any atom is 0.335 e. The number of hydrogen-bond donors (Lipinski definition) is 1. The lowest BCUT2D eigenvalue weighted by Gasteiger charge is -2.13. The number of ether oxygens (including phenoxy) is 4. The molecule has 0 aliphatic heterocycles. The van der Waals surface area contributed by atoms with Crippen LogP contribution in [0.25, 0.3) is 23.3 Å². The van der Waals surface area contributed by atoms with Gasteiger partial charge in [-0.25, -0.2) is 4.79 Å². The van der Waals surface area contributed by atoms with E-state index in [-0.39, 0.29) is 18.8 Å². The monoisotopic (exact) mass is 572 g/mol. The Morgan fingerprint density at radius 2 is 1.40 bits per heavy atom. The minimum absolute atomic E-state index is 0.0280. The van der Waals surface area contributed by atoms with Gasteiger partial charge in [-0.05, 0) is 64.9 Å². The lowest BCUT2D eigenvalue weighted by Crippen LogP contribution is -2.14. The van der Waals surface area contributed by atoms with E-state index < -0.39 is 12.6 Å². The number of aliphatic hydroxyl groups excluding tert-OH is 1. The Labute approximate surface area is 250 Å². The van der Waals surface area contributed by atoms with Crippen molar-refractivity contribution in [2.45, 2.75) is 45.4 Å². The van der Waals surface area contributed by atoms with Gasteiger partial charge in [-0.2, -0.15) is 0 Å². The average Bonchev–Trinajstić information content (AvgIpc) is 3.02. The zero-order valence-electron chi connectivity index (χ0n) is 25.0. The molecule has 0 unspecified atom stereocenters. The smallest absolute Gasteiger partial charge is 0.335 e. The number of esters is 1. The van der Waals surface area contributed by atoms with Crippen LogP contribution in [0.5, 0.6) is 11.5 Å². The van der Waals surface area contributed by atoms with Gasteiger partial charge >= 0.3 is 5.97 Å². The number of benzene rings is 3. The standard InChI is InChI=1S/C36H44O6/c1-4-5-6-7-8-9-32-26-30(11-10-29-12-17-33(18-13-29)40-23-22-39-3)14-21-35(32)31-15-19-34(20-16-31)41-24-25-42-36(38)28(2)27-37/h10-21,26,37H,2,4-9,22-25,27H2,1,3H3/b11-10+. The number of carbonyl (C=O) groups excluding carboxylic acids is 1. The van der Waals surface area contributed by atoms with Crippen molar-refractivity contribution in [2.75, 3.05) is 40.1 Å². The Balaban J connectivity index is 1.67. The maximum absolute atomic E-state index is 11.6. The molecule has 6 nitrogen and oxygen atoms in total. The normalized spacial score (nSPS) is 11.0. The molecule has 3 aromatic carbocycles. The fraction of sp³-hybridized carbons (Fsp3) is 0.361. The van der Waals surface area contributed by atoms with Crippen LogP contribution in [0.2, 0.25) is 0 Å². The second-order valence-electron chi connectivity index (χ2n) is 10.1. The number of aliphatic hydroxyl groups is 1. The van der Waals surface area contributed by atoms with Crippen LogP contribution in [0.4, 0.5) is 0 Å². The van der Waals surface area contributed by atoms with Crippen LogP contribution < -0.4 is 9.47 Å². The average molecular weight is 573 g/mol. The number of unbranched alkanes of at least 4 members (excludes halogenated alkanes) is 4. The fourth-order valence-electron chi connectivity index (χ4n) is 4.43. The maximum atomic E-state index is 11.6.